The van der Waals surface area contributed by atoms with Crippen LogP contribution >= 0.6 is 0 Å². The van der Waals surface area contributed by atoms with Gasteiger partial charge in [-0.15, -0.1) is 0 Å². The number of benzene rings is 2. The maximum absolute atomic E-state index is 13.0. The van der Waals surface area contributed by atoms with Gasteiger partial charge in [0.05, 0.1) is 12.9 Å². The van der Waals surface area contributed by atoms with Gasteiger partial charge in [0, 0.05) is 31.6 Å². The Morgan fingerprint density at radius 2 is 1.73 bits per heavy atom. The van der Waals surface area contributed by atoms with Gasteiger partial charge in [-0.05, 0) is 30.6 Å². The van der Waals surface area contributed by atoms with Crippen LogP contribution in [0.25, 0.3) is 11.2 Å². The number of carbonyl (C=O) groups is 1. The lowest BCUT2D eigenvalue weighted by atomic mass is 9.91. The van der Waals surface area contributed by atoms with Crippen LogP contribution < -0.4 is 10.2 Å². The SMILES string of the molecule is CCN(CC)C1CCN(c2nc(NCC(c3ccccc3)c3ccccc3)c3ncn([C@@H]4O[C@H](CO)[C@@H](OC(=O)C(F)(F)F)[C@H]4O)c3n2)C1. The fourth-order valence-corrected chi connectivity index (χ4v) is 6.75. The Balaban J connectivity index is 1.37. The summed E-state index contributed by atoms with van der Waals surface area (Å²) in [6.45, 7) is 7.07. The van der Waals surface area contributed by atoms with Gasteiger partial charge in [0.1, 0.15) is 12.2 Å². The van der Waals surface area contributed by atoms with E-state index in [1.54, 1.807) is 0 Å². The molecule has 2 aliphatic rings. The maximum Gasteiger partial charge on any atom is 0.490 e. The van der Waals surface area contributed by atoms with Crippen molar-refractivity contribution in [3.63, 3.8) is 0 Å². The number of likely N-dealkylation sites (N-methyl/N-ethyl adjacent to an activating group) is 1. The number of halogens is 3. The summed E-state index contributed by atoms with van der Waals surface area (Å²) >= 11 is 0. The standard InChI is InChI=1S/C34H40F3N7O5/c1-3-42(4-2)23-15-16-43(18-23)33-40-29(38-17-24(21-11-7-5-8-12-21)22-13-9-6-10-14-22)26-30(41-33)44(20-39-26)31-27(46)28(25(19-45)48-31)49-32(47)34(35,36)37/h5-14,20,23-25,27-28,31,45-46H,3-4,15-19H2,1-2H3,(H,38,40,41)/t23?,25-,27-,28-,31-/m1/s1. The molecule has 2 aromatic heterocycles. The predicted molar refractivity (Wildman–Crippen MR) is 175 cm³/mol. The number of nitrogens with zero attached hydrogens (tertiary/aromatic N) is 6. The zero-order chi connectivity index (χ0) is 34.7. The van der Waals surface area contributed by atoms with Gasteiger partial charge in [-0.1, -0.05) is 74.5 Å². The molecule has 4 heterocycles. The second kappa shape index (κ2) is 14.7. The molecular weight excluding hydrogens is 643 g/mol. The lowest BCUT2D eigenvalue weighted by Gasteiger charge is -2.26. The molecule has 2 aromatic carbocycles. The fraction of sp³-hybridized carbons (Fsp3) is 0.471. The number of imidazole rings is 1. The molecule has 6 rings (SSSR count). The summed E-state index contributed by atoms with van der Waals surface area (Å²) in [5, 5.41) is 24.5. The number of nitrogens with one attached hydrogen (secondary N) is 1. The van der Waals surface area contributed by atoms with Crippen molar-refractivity contribution >= 4 is 28.9 Å². The molecule has 2 fully saturated rings. The van der Waals surface area contributed by atoms with Crippen LogP contribution in [0, 0.1) is 0 Å². The minimum atomic E-state index is -5.29. The number of esters is 1. The number of rotatable bonds is 12. The highest BCUT2D eigenvalue weighted by atomic mass is 19.4. The highest BCUT2D eigenvalue weighted by Gasteiger charge is 2.51. The molecule has 0 bridgehead atoms. The Bertz CT molecular complexity index is 1670. The van der Waals surface area contributed by atoms with E-state index in [0.29, 0.717) is 43.0 Å². The molecule has 4 aromatic rings. The highest BCUT2D eigenvalue weighted by Crippen LogP contribution is 2.36. The van der Waals surface area contributed by atoms with Crippen LogP contribution in [0.4, 0.5) is 24.9 Å². The van der Waals surface area contributed by atoms with Crippen molar-refractivity contribution in [2.24, 2.45) is 0 Å². The van der Waals surface area contributed by atoms with Gasteiger partial charge in [0.2, 0.25) is 5.95 Å². The van der Waals surface area contributed by atoms with Crippen LogP contribution in [-0.2, 0) is 14.3 Å². The fourth-order valence-electron chi connectivity index (χ4n) is 6.75. The van der Waals surface area contributed by atoms with Gasteiger partial charge in [-0.3, -0.25) is 9.47 Å². The van der Waals surface area contributed by atoms with Gasteiger partial charge < -0.3 is 29.9 Å². The van der Waals surface area contributed by atoms with Crippen LogP contribution in [0.1, 0.15) is 43.5 Å². The average molecular weight is 684 g/mol. The van der Waals surface area contributed by atoms with Crippen molar-refractivity contribution in [2.45, 2.75) is 62.9 Å². The second-order valence-corrected chi connectivity index (χ2v) is 12.2. The van der Waals surface area contributed by atoms with E-state index >= 15 is 0 Å². The van der Waals surface area contributed by atoms with Gasteiger partial charge >= 0.3 is 12.1 Å². The minimum Gasteiger partial charge on any atom is -0.450 e. The topological polar surface area (TPSA) is 138 Å². The molecule has 2 aliphatic heterocycles. The summed E-state index contributed by atoms with van der Waals surface area (Å²) in [5.74, 6) is -1.71. The van der Waals surface area contributed by atoms with Crippen LogP contribution in [-0.4, -0.2) is 110 Å². The maximum atomic E-state index is 13.0. The predicted octanol–water partition coefficient (Wildman–Crippen LogP) is 3.72. The third kappa shape index (κ3) is 7.20. The van der Waals surface area contributed by atoms with Crippen LogP contribution in [0.3, 0.4) is 0 Å². The van der Waals surface area contributed by atoms with E-state index in [0.717, 1.165) is 30.6 Å². The van der Waals surface area contributed by atoms with Gasteiger partial charge in [-0.2, -0.15) is 23.1 Å². The first-order valence-corrected chi connectivity index (χ1v) is 16.4. The minimum absolute atomic E-state index is 0.0499. The van der Waals surface area contributed by atoms with E-state index in [2.05, 4.69) is 63.0 Å². The van der Waals surface area contributed by atoms with Crippen molar-refractivity contribution in [1.82, 2.24) is 24.4 Å². The summed E-state index contributed by atoms with van der Waals surface area (Å²) in [6, 6.07) is 20.4. The number of hydrogen-bond acceptors (Lipinski definition) is 11. The quantitative estimate of drug-likeness (QED) is 0.189. The largest absolute Gasteiger partial charge is 0.490 e. The Morgan fingerprint density at radius 3 is 2.33 bits per heavy atom. The molecule has 0 radical (unpaired) electrons. The second-order valence-electron chi connectivity index (χ2n) is 12.2. The van der Waals surface area contributed by atoms with E-state index in [9.17, 15) is 28.2 Å². The summed E-state index contributed by atoms with van der Waals surface area (Å²) in [7, 11) is 0. The van der Waals surface area contributed by atoms with E-state index in [1.165, 1.54) is 10.9 Å². The van der Waals surface area contributed by atoms with Gasteiger partial charge in [-0.25, -0.2) is 9.78 Å². The molecule has 0 spiro atoms. The van der Waals surface area contributed by atoms with Crippen molar-refractivity contribution in [2.75, 3.05) is 49.5 Å². The van der Waals surface area contributed by atoms with Crippen molar-refractivity contribution in [3.8, 4) is 0 Å². The molecule has 0 amide bonds. The Morgan fingerprint density at radius 1 is 1.08 bits per heavy atom. The number of anilines is 2. The number of aliphatic hydroxyl groups is 2. The summed E-state index contributed by atoms with van der Waals surface area (Å²) in [5.41, 5.74) is 2.78. The molecular formula is C34H40F3N7O5. The molecule has 0 aliphatic carbocycles. The van der Waals surface area contributed by atoms with Gasteiger partial charge in [0.25, 0.3) is 0 Å². The van der Waals surface area contributed by atoms with Crippen LogP contribution in [0.15, 0.2) is 67.0 Å². The first kappa shape index (κ1) is 34.5. The zero-order valence-corrected chi connectivity index (χ0v) is 27.2. The highest BCUT2D eigenvalue weighted by molar-refractivity contribution is 5.84. The van der Waals surface area contributed by atoms with E-state index < -0.39 is 43.3 Å². The molecule has 2 saturated heterocycles. The number of alkyl halides is 3. The number of aromatic nitrogens is 4. The van der Waals surface area contributed by atoms with Crippen LogP contribution in [0.5, 0.6) is 0 Å². The van der Waals surface area contributed by atoms with Crippen molar-refractivity contribution < 1.29 is 37.7 Å². The number of ether oxygens (including phenoxy) is 2. The average Bonchev–Trinajstić information content (AvgIpc) is 3.84. The number of carbonyl (C=O) groups excluding carboxylic acids is 1. The number of hydrogen-bond donors (Lipinski definition) is 3. The summed E-state index contributed by atoms with van der Waals surface area (Å²) in [4.78, 5) is 30.4. The molecule has 0 saturated carbocycles. The molecule has 15 heteroatoms. The Labute approximate surface area is 281 Å². The van der Waals surface area contributed by atoms with E-state index in [-0.39, 0.29) is 11.6 Å². The Kier molecular flexibility index (Phi) is 10.3. The van der Waals surface area contributed by atoms with Crippen molar-refractivity contribution in [3.05, 3.63) is 78.1 Å². The summed E-state index contributed by atoms with van der Waals surface area (Å²) < 4.78 is 50.8. The lowest BCUT2D eigenvalue weighted by molar-refractivity contribution is -0.210. The Hall–Kier alpha value is -4.31. The number of aliphatic hydroxyl groups excluding tert-OH is 2. The van der Waals surface area contributed by atoms with Gasteiger partial charge in [0.15, 0.2) is 29.3 Å². The number of fused-ring (bicyclic) bond motifs is 1. The third-order valence-corrected chi connectivity index (χ3v) is 9.30. The molecule has 12 nitrogen and oxygen atoms in total. The first-order valence-electron chi connectivity index (χ1n) is 16.4. The molecule has 49 heavy (non-hydrogen) atoms. The molecule has 262 valence electrons. The first-order chi connectivity index (χ1) is 23.6. The zero-order valence-electron chi connectivity index (χ0n) is 27.2. The summed E-state index contributed by atoms with van der Waals surface area (Å²) in [6.07, 6.45) is -9.39. The third-order valence-electron chi connectivity index (χ3n) is 9.30. The normalized spacial score (nSPS) is 22.8. The smallest absolute Gasteiger partial charge is 0.450 e. The van der Waals surface area contributed by atoms with E-state index in [4.69, 9.17) is 14.7 Å². The molecule has 3 N–H and O–H groups in total. The van der Waals surface area contributed by atoms with Crippen LogP contribution in [0.2, 0.25) is 0 Å². The monoisotopic (exact) mass is 683 g/mol. The molecule has 1 unspecified atom stereocenters. The van der Waals surface area contributed by atoms with Crippen molar-refractivity contribution in [1.29, 1.82) is 0 Å². The lowest BCUT2D eigenvalue weighted by Crippen LogP contribution is -2.41. The molecule has 5 atom stereocenters. The van der Waals surface area contributed by atoms with E-state index in [1.807, 2.05) is 36.4 Å².